The van der Waals surface area contributed by atoms with Gasteiger partial charge in [0.2, 0.25) is 0 Å². The summed E-state index contributed by atoms with van der Waals surface area (Å²) in [6.45, 7) is 4.29. The molecular formula is C16H23N3O. The van der Waals surface area contributed by atoms with Crippen molar-refractivity contribution in [3.05, 3.63) is 41.6 Å². The topological polar surface area (TPSA) is 52.2 Å². The molecule has 0 radical (unpaired) electrons. The van der Waals surface area contributed by atoms with Gasteiger partial charge < -0.3 is 10.0 Å². The lowest BCUT2D eigenvalue weighted by molar-refractivity contribution is 0.282. The number of H-pyrrole nitrogens is 1. The van der Waals surface area contributed by atoms with Gasteiger partial charge in [-0.15, -0.1) is 0 Å². The van der Waals surface area contributed by atoms with Crippen LogP contribution in [0.3, 0.4) is 0 Å². The lowest BCUT2D eigenvalue weighted by Crippen LogP contribution is -2.19. The van der Waals surface area contributed by atoms with E-state index < -0.39 is 0 Å². The van der Waals surface area contributed by atoms with Crippen molar-refractivity contribution in [1.29, 1.82) is 0 Å². The lowest BCUT2D eigenvalue weighted by atomic mass is 10.1. The van der Waals surface area contributed by atoms with Crippen LogP contribution >= 0.6 is 0 Å². The second-order valence-electron chi connectivity index (χ2n) is 5.22. The van der Waals surface area contributed by atoms with Crippen molar-refractivity contribution in [3.63, 3.8) is 0 Å². The van der Waals surface area contributed by atoms with Crippen molar-refractivity contribution in [2.75, 3.05) is 13.6 Å². The van der Waals surface area contributed by atoms with Crippen molar-refractivity contribution >= 4 is 0 Å². The normalized spacial score (nSPS) is 11.2. The third-order valence-corrected chi connectivity index (χ3v) is 3.48. The first-order valence-electron chi connectivity index (χ1n) is 7.15. The summed E-state index contributed by atoms with van der Waals surface area (Å²) < 4.78 is 0. The molecule has 0 spiro atoms. The molecule has 20 heavy (non-hydrogen) atoms. The van der Waals surface area contributed by atoms with Crippen LogP contribution in [-0.4, -0.2) is 33.8 Å². The third kappa shape index (κ3) is 3.68. The second kappa shape index (κ2) is 7.22. The Balaban J connectivity index is 2.11. The van der Waals surface area contributed by atoms with E-state index in [4.69, 9.17) is 5.11 Å². The summed E-state index contributed by atoms with van der Waals surface area (Å²) in [6.07, 6.45) is 4.33. The van der Waals surface area contributed by atoms with Gasteiger partial charge in [0.05, 0.1) is 18.5 Å². The zero-order valence-corrected chi connectivity index (χ0v) is 12.3. The van der Waals surface area contributed by atoms with E-state index in [-0.39, 0.29) is 6.61 Å². The average Bonchev–Trinajstić information content (AvgIpc) is 2.93. The molecule has 0 saturated carbocycles. The minimum absolute atomic E-state index is 0.0792. The van der Waals surface area contributed by atoms with Crippen LogP contribution in [0.1, 0.15) is 30.9 Å². The highest BCUT2D eigenvalue weighted by molar-refractivity contribution is 5.62. The van der Waals surface area contributed by atoms with E-state index >= 15 is 0 Å². The van der Waals surface area contributed by atoms with Crippen LogP contribution in [0.15, 0.2) is 30.5 Å². The van der Waals surface area contributed by atoms with Crippen LogP contribution in [0.2, 0.25) is 0 Å². The van der Waals surface area contributed by atoms with E-state index in [1.54, 1.807) is 0 Å². The molecule has 0 amide bonds. The third-order valence-electron chi connectivity index (χ3n) is 3.48. The van der Waals surface area contributed by atoms with Gasteiger partial charge in [0.1, 0.15) is 0 Å². The molecule has 4 nitrogen and oxygen atoms in total. The molecule has 0 atom stereocenters. The minimum atomic E-state index is 0.0792. The van der Waals surface area contributed by atoms with E-state index in [2.05, 4.69) is 29.1 Å². The van der Waals surface area contributed by atoms with Gasteiger partial charge in [0, 0.05) is 12.1 Å². The maximum atomic E-state index is 9.09. The molecule has 0 saturated heterocycles. The second-order valence-corrected chi connectivity index (χ2v) is 5.22. The molecule has 0 unspecified atom stereocenters. The van der Waals surface area contributed by atoms with Crippen molar-refractivity contribution < 1.29 is 5.11 Å². The molecule has 0 aliphatic carbocycles. The summed E-state index contributed by atoms with van der Waals surface area (Å²) in [5.41, 5.74) is 4.31. The van der Waals surface area contributed by atoms with Gasteiger partial charge in [0.15, 0.2) is 0 Å². The van der Waals surface area contributed by atoms with E-state index in [1.807, 2.05) is 30.5 Å². The first-order valence-corrected chi connectivity index (χ1v) is 7.15. The maximum Gasteiger partial charge on any atom is 0.0695 e. The number of aromatic amines is 1. The average molecular weight is 273 g/mol. The zero-order chi connectivity index (χ0) is 14.4. The molecule has 1 heterocycles. The number of aliphatic hydroxyl groups is 1. The van der Waals surface area contributed by atoms with Crippen LogP contribution in [0.25, 0.3) is 11.3 Å². The standard InChI is InChI=1S/C16H23N3O/c1-3-4-9-19(2)11-15-10-17-18-16(15)14-7-5-13(12-20)6-8-14/h5-8,10,20H,3-4,9,11-12H2,1-2H3,(H,17,18). The Morgan fingerprint density at radius 3 is 2.65 bits per heavy atom. The van der Waals surface area contributed by atoms with Crippen molar-refractivity contribution in [2.24, 2.45) is 0 Å². The predicted octanol–water partition coefficient (Wildman–Crippen LogP) is 2.80. The van der Waals surface area contributed by atoms with E-state index in [1.165, 1.54) is 18.4 Å². The first kappa shape index (κ1) is 14.8. The Labute approximate surface area is 120 Å². The molecule has 0 bridgehead atoms. The quantitative estimate of drug-likeness (QED) is 0.815. The van der Waals surface area contributed by atoms with Gasteiger partial charge in [-0.1, -0.05) is 37.6 Å². The fourth-order valence-corrected chi connectivity index (χ4v) is 2.26. The summed E-state index contributed by atoms with van der Waals surface area (Å²) in [5.74, 6) is 0. The van der Waals surface area contributed by atoms with Crippen LogP contribution in [0, 0.1) is 0 Å². The SMILES string of the molecule is CCCCN(C)Cc1cn[nH]c1-c1ccc(CO)cc1. The number of aliphatic hydroxyl groups excluding tert-OH is 1. The molecule has 2 N–H and O–H groups in total. The van der Waals surface area contributed by atoms with Gasteiger partial charge in [-0.3, -0.25) is 5.10 Å². The number of unbranched alkanes of at least 4 members (excludes halogenated alkanes) is 1. The Morgan fingerprint density at radius 2 is 2.00 bits per heavy atom. The highest BCUT2D eigenvalue weighted by Crippen LogP contribution is 2.22. The Bertz CT molecular complexity index is 519. The van der Waals surface area contributed by atoms with Crippen LogP contribution in [0.5, 0.6) is 0 Å². The van der Waals surface area contributed by atoms with Crippen molar-refractivity contribution in [1.82, 2.24) is 15.1 Å². The molecule has 1 aromatic carbocycles. The number of aromatic nitrogens is 2. The van der Waals surface area contributed by atoms with Crippen molar-refractivity contribution in [3.8, 4) is 11.3 Å². The molecular weight excluding hydrogens is 250 g/mol. The number of nitrogens with zero attached hydrogens (tertiary/aromatic N) is 2. The molecule has 0 fully saturated rings. The monoisotopic (exact) mass is 273 g/mol. The highest BCUT2D eigenvalue weighted by Gasteiger charge is 2.09. The van der Waals surface area contributed by atoms with E-state index in [0.717, 1.165) is 29.9 Å². The lowest BCUT2D eigenvalue weighted by Gasteiger charge is -2.16. The molecule has 1 aromatic heterocycles. The molecule has 108 valence electrons. The first-order chi connectivity index (χ1) is 9.74. The number of benzene rings is 1. The van der Waals surface area contributed by atoms with Gasteiger partial charge in [-0.2, -0.15) is 5.10 Å². The summed E-state index contributed by atoms with van der Waals surface area (Å²) in [6, 6.07) is 7.94. The largest absolute Gasteiger partial charge is 0.392 e. The van der Waals surface area contributed by atoms with Gasteiger partial charge >= 0.3 is 0 Å². The molecule has 0 aliphatic rings. The zero-order valence-electron chi connectivity index (χ0n) is 12.3. The highest BCUT2D eigenvalue weighted by atomic mass is 16.3. The Kier molecular flexibility index (Phi) is 5.32. The van der Waals surface area contributed by atoms with Crippen LogP contribution in [-0.2, 0) is 13.2 Å². The fraction of sp³-hybridized carbons (Fsp3) is 0.438. The number of rotatable bonds is 7. The van der Waals surface area contributed by atoms with E-state index in [9.17, 15) is 0 Å². The maximum absolute atomic E-state index is 9.09. The fourth-order valence-electron chi connectivity index (χ4n) is 2.26. The molecule has 2 aromatic rings. The number of nitrogens with one attached hydrogen (secondary N) is 1. The van der Waals surface area contributed by atoms with Gasteiger partial charge in [0.25, 0.3) is 0 Å². The minimum Gasteiger partial charge on any atom is -0.392 e. The Hall–Kier alpha value is -1.65. The summed E-state index contributed by atoms with van der Waals surface area (Å²) in [7, 11) is 2.14. The summed E-state index contributed by atoms with van der Waals surface area (Å²) >= 11 is 0. The van der Waals surface area contributed by atoms with Crippen LogP contribution in [0.4, 0.5) is 0 Å². The van der Waals surface area contributed by atoms with Crippen LogP contribution < -0.4 is 0 Å². The van der Waals surface area contributed by atoms with Gasteiger partial charge in [-0.25, -0.2) is 0 Å². The number of hydrogen-bond acceptors (Lipinski definition) is 3. The van der Waals surface area contributed by atoms with E-state index in [0.29, 0.717) is 0 Å². The van der Waals surface area contributed by atoms with Crippen molar-refractivity contribution in [2.45, 2.75) is 32.9 Å². The molecule has 2 rings (SSSR count). The summed E-state index contributed by atoms with van der Waals surface area (Å²) in [5, 5.41) is 16.3. The predicted molar refractivity (Wildman–Crippen MR) is 81.2 cm³/mol. The molecule has 0 aliphatic heterocycles. The Morgan fingerprint density at radius 1 is 1.25 bits per heavy atom. The number of hydrogen-bond donors (Lipinski definition) is 2. The summed E-state index contributed by atoms with van der Waals surface area (Å²) in [4.78, 5) is 2.32. The van der Waals surface area contributed by atoms with Gasteiger partial charge in [-0.05, 0) is 31.1 Å². The smallest absolute Gasteiger partial charge is 0.0695 e. The molecule has 4 heteroatoms.